The van der Waals surface area contributed by atoms with Gasteiger partial charge in [0.25, 0.3) is 5.56 Å². The third kappa shape index (κ3) is 4.55. The first kappa shape index (κ1) is 20.1. The summed E-state index contributed by atoms with van der Waals surface area (Å²) in [5, 5.41) is 2.73. The van der Waals surface area contributed by atoms with Gasteiger partial charge in [-0.1, -0.05) is 18.2 Å². The molecule has 0 atom stereocenters. The second kappa shape index (κ2) is 8.70. The molecule has 1 amide bonds. The summed E-state index contributed by atoms with van der Waals surface area (Å²) < 4.78 is 15.4. The van der Waals surface area contributed by atoms with Crippen LogP contribution >= 0.6 is 0 Å². The molecule has 1 aromatic heterocycles. The van der Waals surface area contributed by atoms with Gasteiger partial charge in [-0.3, -0.25) is 19.1 Å². The number of hydrogen-bond donors (Lipinski definition) is 1. The van der Waals surface area contributed by atoms with Gasteiger partial charge in [0.05, 0.1) is 17.8 Å². The van der Waals surface area contributed by atoms with Crippen LogP contribution in [0.15, 0.2) is 76.6 Å². The predicted molar refractivity (Wildman–Crippen MR) is 111 cm³/mol. The van der Waals surface area contributed by atoms with E-state index < -0.39 is 11.2 Å². The Kier molecular flexibility index (Phi) is 5.65. The molecule has 156 valence electrons. The maximum absolute atomic E-state index is 13.0. The van der Waals surface area contributed by atoms with Gasteiger partial charge in [-0.15, -0.1) is 0 Å². The Morgan fingerprint density at radius 2 is 1.84 bits per heavy atom. The highest BCUT2D eigenvalue weighted by atomic mass is 19.1. The molecule has 1 aromatic carbocycles. The van der Waals surface area contributed by atoms with Crippen LogP contribution in [0.4, 0.5) is 4.39 Å². The monoisotopic (exact) mass is 419 g/mol. The van der Waals surface area contributed by atoms with Gasteiger partial charge in [0.2, 0.25) is 5.91 Å². The molecule has 2 aliphatic rings. The molecule has 31 heavy (non-hydrogen) atoms. The van der Waals surface area contributed by atoms with Crippen LogP contribution in [-0.4, -0.2) is 25.0 Å². The van der Waals surface area contributed by atoms with Crippen LogP contribution in [0.5, 0.6) is 0 Å². The fraction of sp³-hybridized carbons (Fsp3) is 0.136. The van der Waals surface area contributed by atoms with Crippen molar-refractivity contribution >= 4 is 5.91 Å². The van der Waals surface area contributed by atoms with Crippen LogP contribution in [0, 0.1) is 5.82 Å². The highest BCUT2D eigenvalue weighted by Crippen LogP contribution is 2.13. The van der Waals surface area contributed by atoms with Gasteiger partial charge in [-0.2, -0.15) is 4.98 Å². The summed E-state index contributed by atoms with van der Waals surface area (Å²) in [6.45, 7) is 0.102. The van der Waals surface area contributed by atoms with Crippen LogP contribution in [0.3, 0.4) is 0 Å². The smallest absolute Gasteiger partial charge is 0.350 e. The van der Waals surface area contributed by atoms with E-state index >= 15 is 0 Å². The quantitative estimate of drug-likeness (QED) is 0.510. The molecule has 0 saturated carbocycles. The minimum absolute atomic E-state index is 0.00843. The van der Waals surface area contributed by atoms with Gasteiger partial charge in [0, 0.05) is 18.9 Å². The molecule has 0 fully saturated rings. The summed E-state index contributed by atoms with van der Waals surface area (Å²) >= 11 is 0. The van der Waals surface area contributed by atoms with Gasteiger partial charge in [0.15, 0.2) is 5.82 Å². The lowest BCUT2D eigenvalue weighted by atomic mass is 10.2. The average molecular weight is 419 g/mol. The summed E-state index contributed by atoms with van der Waals surface area (Å²) in [5.74, 6) is -0.560. The highest BCUT2D eigenvalue weighted by Gasteiger charge is 2.18. The number of hydrogen-bond acceptors (Lipinski definition) is 5. The molecule has 3 heterocycles. The van der Waals surface area contributed by atoms with Gasteiger partial charge in [-0.25, -0.2) is 9.18 Å². The first-order chi connectivity index (χ1) is 15.0. The van der Waals surface area contributed by atoms with Crippen molar-refractivity contribution in [3.05, 3.63) is 105 Å². The van der Waals surface area contributed by atoms with Crippen LogP contribution < -0.4 is 16.6 Å². The zero-order valence-electron chi connectivity index (χ0n) is 16.4. The van der Waals surface area contributed by atoms with Crippen molar-refractivity contribution in [1.29, 1.82) is 0 Å². The van der Waals surface area contributed by atoms with E-state index in [1.807, 2.05) is 0 Å². The van der Waals surface area contributed by atoms with Crippen molar-refractivity contribution in [2.24, 2.45) is 0 Å². The number of rotatable bonds is 6. The maximum atomic E-state index is 13.0. The average Bonchev–Trinajstić information content (AvgIpc) is 2.77. The lowest BCUT2D eigenvalue weighted by Crippen LogP contribution is -2.39. The van der Waals surface area contributed by atoms with Crippen molar-refractivity contribution in [2.45, 2.75) is 19.6 Å². The van der Waals surface area contributed by atoms with E-state index in [9.17, 15) is 18.8 Å². The summed E-state index contributed by atoms with van der Waals surface area (Å²) in [4.78, 5) is 45.9. The Balaban J connectivity index is 1.56. The molecule has 0 aliphatic carbocycles. The fourth-order valence-electron chi connectivity index (χ4n) is 3.15. The number of carbonyl (C=O) groups is 1. The predicted octanol–water partition coefficient (Wildman–Crippen LogP) is 1.41. The normalized spacial score (nSPS) is 10.9. The molecule has 2 aromatic rings. The van der Waals surface area contributed by atoms with Crippen LogP contribution in [0.25, 0.3) is 11.4 Å². The van der Waals surface area contributed by atoms with E-state index in [0.29, 0.717) is 5.69 Å². The summed E-state index contributed by atoms with van der Waals surface area (Å²) in [7, 11) is 0. The van der Waals surface area contributed by atoms with E-state index in [0.717, 1.165) is 10.1 Å². The second-order valence-corrected chi connectivity index (χ2v) is 6.88. The van der Waals surface area contributed by atoms with E-state index in [2.05, 4.69) is 15.3 Å². The standard InChI is InChI=1S/C22H18FN5O3/c23-16-8-6-15(7-9-16)12-25-19(29)14-27-11-3-5-18-20(27)26-22(31)28(21(18)30)13-17-4-1-2-10-24-17/h1-11H,12-14H2,(H,25,29). The first-order valence-corrected chi connectivity index (χ1v) is 9.52. The molecule has 9 heteroatoms. The van der Waals surface area contributed by atoms with Crippen molar-refractivity contribution in [3.63, 3.8) is 0 Å². The topological polar surface area (TPSA) is 98.9 Å². The summed E-state index contributed by atoms with van der Waals surface area (Å²) in [6, 6.07) is 14.2. The number of aromatic nitrogens is 4. The Labute approximate surface area is 176 Å². The van der Waals surface area contributed by atoms with E-state index in [1.165, 1.54) is 16.7 Å². The Morgan fingerprint density at radius 3 is 2.58 bits per heavy atom. The van der Waals surface area contributed by atoms with Crippen molar-refractivity contribution in [3.8, 4) is 11.4 Å². The molecule has 8 nitrogen and oxygen atoms in total. The van der Waals surface area contributed by atoms with E-state index in [1.54, 1.807) is 54.9 Å². The molecular weight excluding hydrogens is 401 g/mol. The number of halogens is 1. The van der Waals surface area contributed by atoms with Crippen molar-refractivity contribution in [2.75, 3.05) is 0 Å². The van der Waals surface area contributed by atoms with Crippen LogP contribution in [0.2, 0.25) is 0 Å². The minimum atomic E-state index is -0.713. The maximum Gasteiger partial charge on any atom is 0.352 e. The van der Waals surface area contributed by atoms with Gasteiger partial charge >= 0.3 is 5.69 Å². The van der Waals surface area contributed by atoms with Crippen LogP contribution in [-0.2, 0) is 24.4 Å². The lowest BCUT2D eigenvalue weighted by molar-refractivity contribution is -0.121. The number of fused-ring (bicyclic) bond motifs is 1. The summed E-state index contributed by atoms with van der Waals surface area (Å²) in [6.07, 6.45) is 3.16. The summed E-state index contributed by atoms with van der Waals surface area (Å²) in [5.41, 5.74) is 0.322. The number of pyridine rings is 2. The molecule has 0 unspecified atom stereocenters. The molecule has 4 rings (SSSR count). The Bertz CT molecular complexity index is 1300. The van der Waals surface area contributed by atoms with Crippen molar-refractivity contribution in [1.82, 2.24) is 24.4 Å². The SMILES string of the molecule is O=C(Cn1cccc2c(=O)n(Cc3ccccn3)c(=O)nc1-2)NCc1ccc(F)cc1. The lowest BCUT2D eigenvalue weighted by Gasteiger charge is -2.15. The third-order valence-electron chi connectivity index (χ3n) is 4.71. The second-order valence-electron chi connectivity index (χ2n) is 6.88. The molecule has 0 radical (unpaired) electrons. The number of carbonyl (C=O) groups excluding carboxylic acids is 1. The molecule has 2 aliphatic heterocycles. The highest BCUT2D eigenvalue weighted by molar-refractivity contribution is 5.76. The molecule has 0 spiro atoms. The first-order valence-electron chi connectivity index (χ1n) is 9.52. The van der Waals surface area contributed by atoms with Crippen LogP contribution in [0.1, 0.15) is 11.3 Å². The van der Waals surface area contributed by atoms with Gasteiger partial charge < -0.3 is 9.88 Å². The minimum Gasteiger partial charge on any atom is -0.350 e. The van der Waals surface area contributed by atoms with Crippen molar-refractivity contribution < 1.29 is 9.18 Å². The largest absolute Gasteiger partial charge is 0.352 e. The van der Waals surface area contributed by atoms with Gasteiger partial charge in [-0.05, 0) is 42.0 Å². The molecule has 0 bridgehead atoms. The van der Waals surface area contributed by atoms with E-state index in [-0.39, 0.29) is 42.7 Å². The number of nitrogens with zero attached hydrogens (tertiary/aromatic N) is 4. The number of benzene rings is 1. The number of nitrogens with one attached hydrogen (secondary N) is 1. The number of amides is 1. The zero-order chi connectivity index (χ0) is 21.8. The zero-order valence-corrected chi connectivity index (χ0v) is 16.4. The molecule has 1 N–H and O–H groups in total. The van der Waals surface area contributed by atoms with E-state index in [4.69, 9.17) is 0 Å². The molecular formula is C22H18FN5O3. The Hall–Kier alpha value is -4.14. The third-order valence-corrected chi connectivity index (χ3v) is 4.71. The Morgan fingerprint density at radius 1 is 1.03 bits per heavy atom. The fourth-order valence-corrected chi connectivity index (χ4v) is 3.15. The molecule has 0 saturated heterocycles. The van der Waals surface area contributed by atoms with Gasteiger partial charge in [0.1, 0.15) is 12.4 Å².